The van der Waals surface area contributed by atoms with Gasteiger partial charge in [-0.1, -0.05) is 27.2 Å². The summed E-state index contributed by atoms with van der Waals surface area (Å²) in [4.78, 5) is 0. The summed E-state index contributed by atoms with van der Waals surface area (Å²) in [5.74, 6) is 2.70. The molecule has 4 nitrogen and oxygen atoms in total. The van der Waals surface area contributed by atoms with Gasteiger partial charge in [-0.05, 0) is 80.0 Å². The standard InChI is InChI=1S/C24H42O4/c1-5-10-24(27-11-12-28-24)13-17-6-7-18-20-9-8-19(16(3)25)23(20,4)14-21(26)22(18)15(17)2/h15-22,25-26H,5-14H2,1-4H3/t15-,16?,17?,18?,19?,20?,21+,22?,23-/m1/s1. The van der Waals surface area contributed by atoms with Crippen molar-refractivity contribution in [3.8, 4) is 0 Å². The quantitative estimate of drug-likeness (QED) is 0.727. The molecule has 0 bridgehead atoms. The molecule has 9 atom stereocenters. The van der Waals surface area contributed by atoms with Gasteiger partial charge in [0.2, 0.25) is 0 Å². The third-order valence-corrected chi connectivity index (χ3v) is 9.41. The Morgan fingerprint density at radius 3 is 2.46 bits per heavy atom. The number of aliphatic hydroxyl groups is 2. The summed E-state index contributed by atoms with van der Waals surface area (Å²) in [6.45, 7) is 10.3. The van der Waals surface area contributed by atoms with Gasteiger partial charge >= 0.3 is 0 Å². The second-order valence-corrected chi connectivity index (χ2v) is 10.8. The lowest BCUT2D eigenvalue weighted by molar-refractivity contribution is -0.191. The fourth-order valence-corrected chi connectivity index (χ4v) is 8.28. The molecule has 1 aliphatic heterocycles. The van der Waals surface area contributed by atoms with Gasteiger partial charge in [-0.25, -0.2) is 0 Å². The van der Waals surface area contributed by atoms with Crippen molar-refractivity contribution >= 4 is 0 Å². The zero-order chi connectivity index (χ0) is 20.1. The van der Waals surface area contributed by atoms with Crippen LogP contribution in [0.25, 0.3) is 0 Å². The van der Waals surface area contributed by atoms with Crippen molar-refractivity contribution in [2.75, 3.05) is 13.2 Å². The van der Waals surface area contributed by atoms with Crippen LogP contribution in [-0.4, -0.2) is 41.4 Å². The van der Waals surface area contributed by atoms with Crippen LogP contribution in [-0.2, 0) is 9.47 Å². The maximum atomic E-state index is 11.3. The number of fused-ring (bicyclic) bond motifs is 3. The normalized spacial score (nSPS) is 48.9. The molecule has 4 rings (SSSR count). The molecule has 3 saturated carbocycles. The Labute approximate surface area is 171 Å². The molecule has 6 unspecified atom stereocenters. The molecule has 2 N–H and O–H groups in total. The molecule has 0 aromatic rings. The van der Waals surface area contributed by atoms with Crippen LogP contribution in [0.5, 0.6) is 0 Å². The Balaban J connectivity index is 1.51. The van der Waals surface area contributed by atoms with Gasteiger partial charge in [0.1, 0.15) is 0 Å². The van der Waals surface area contributed by atoms with E-state index < -0.39 is 0 Å². The van der Waals surface area contributed by atoms with Crippen LogP contribution in [0.3, 0.4) is 0 Å². The van der Waals surface area contributed by atoms with Gasteiger partial charge in [-0.3, -0.25) is 0 Å². The molecule has 4 aliphatic rings. The van der Waals surface area contributed by atoms with Gasteiger partial charge < -0.3 is 19.7 Å². The van der Waals surface area contributed by atoms with Crippen LogP contribution >= 0.6 is 0 Å². The predicted octanol–water partition coefficient (Wildman–Crippen LogP) is 4.38. The summed E-state index contributed by atoms with van der Waals surface area (Å²) >= 11 is 0. The number of hydrogen-bond donors (Lipinski definition) is 2. The van der Waals surface area contributed by atoms with Crippen molar-refractivity contribution in [2.24, 2.45) is 40.9 Å². The summed E-state index contributed by atoms with van der Waals surface area (Å²) in [5, 5.41) is 21.7. The van der Waals surface area contributed by atoms with E-state index in [1.54, 1.807) is 0 Å². The SMILES string of the molecule is CCCC1(CC2CCC3C([C@@H]2C)[C@@H](O)C[C@]2(C)C(C(C)O)CCC32)OCCO1. The minimum Gasteiger partial charge on any atom is -0.393 e. The number of aliphatic hydroxyl groups excluding tert-OH is 2. The lowest BCUT2D eigenvalue weighted by Crippen LogP contribution is -2.54. The smallest absolute Gasteiger partial charge is 0.168 e. The molecule has 0 amide bonds. The minimum atomic E-state index is -0.376. The molecule has 0 aromatic heterocycles. The summed E-state index contributed by atoms with van der Waals surface area (Å²) in [6, 6.07) is 0. The van der Waals surface area contributed by atoms with Gasteiger partial charge in [-0.2, -0.15) is 0 Å². The number of hydrogen-bond acceptors (Lipinski definition) is 4. The molecule has 1 heterocycles. The Morgan fingerprint density at radius 1 is 1.11 bits per heavy atom. The fraction of sp³-hybridized carbons (Fsp3) is 1.00. The zero-order valence-corrected chi connectivity index (χ0v) is 18.4. The molecule has 1 saturated heterocycles. The van der Waals surface area contributed by atoms with Gasteiger partial charge in [0.25, 0.3) is 0 Å². The van der Waals surface area contributed by atoms with Crippen LogP contribution in [0.1, 0.15) is 79.1 Å². The maximum absolute atomic E-state index is 11.3. The van der Waals surface area contributed by atoms with Crippen molar-refractivity contribution < 1.29 is 19.7 Å². The lowest BCUT2D eigenvalue weighted by Gasteiger charge is -2.56. The van der Waals surface area contributed by atoms with E-state index in [0.717, 1.165) is 45.3 Å². The van der Waals surface area contributed by atoms with Crippen molar-refractivity contribution in [1.29, 1.82) is 0 Å². The van der Waals surface area contributed by atoms with E-state index in [9.17, 15) is 10.2 Å². The Morgan fingerprint density at radius 2 is 1.82 bits per heavy atom. The molecule has 0 radical (unpaired) electrons. The Kier molecular flexibility index (Phi) is 5.90. The second kappa shape index (κ2) is 7.83. The van der Waals surface area contributed by atoms with Crippen LogP contribution in [0.2, 0.25) is 0 Å². The molecule has 162 valence electrons. The highest BCUT2D eigenvalue weighted by atomic mass is 16.7. The molecule has 0 aromatic carbocycles. The van der Waals surface area contributed by atoms with Gasteiger partial charge in [0.05, 0.1) is 25.4 Å². The predicted molar refractivity (Wildman–Crippen MR) is 110 cm³/mol. The largest absolute Gasteiger partial charge is 0.393 e. The van der Waals surface area contributed by atoms with Crippen molar-refractivity contribution in [3.05, 3.63) is 0 Å². The van der Waals surface area contributed by atoms with E-state index in [1.165, 1.54) is 19.3 Å². The first-order valence-corrected chi connectivity index (χ1v) is 12.0. The molecule has 3 aliphatic carbocycles. The van der Waals surface area contributed by atoms with Crippen molar-refractivity contribution in [2.45, 2.75) is 97.1 Å². The highest BCUT2D eigenvalue weighted by molar-refractivity contribution is 5.08. The van der Waals surface area contributed by atoms with E-state index in [-0.39, 0.29) is 23.4 Å². The number of rotatable bonds is 5. The minimum absolute atomic E-state index is 0.0996. The molecule has 4 heteroatoms. The Hall–Kier alpha value is -0.160. The molecular formula is C24H42O4. The van der Waals surface area contributed by atoms with Crippen LogP contribution < -0.4 is 0 Å². The van der Waals surface area contributed by atoms with Crippen LogP contribution in [0.4, 0.5) is 0 Å². The first kappa shape index (κ1) is 21.1. The third kappa shape index (κ3) is 3.36. The van der Waals surface area contributed by atoms with Crippen LogP contribution in [0.15, 0.2) is 0 Å². The zero-order valence-electron chi connectivity index (χ0n) is 18.4. The third-order valence-electron chi connectivity index (χ3n) is 9.41. The molecule has 28 heavy (non-hydrogen) atoms. The molecule has 0 spiro atoms. The average molecular weight is 395 g/mol. The first-order valence-electron chi connectivity index (χ1n) is 12.0. The molecule has 4 fully saturated rings. The fourth-order valence-electron chi connectivity index (χ4n) is 8.28. The summed E-state index contributed by atoms with van der Waals surface area (Å²) in [5.41, 5.74) is 0.0996. The first-order chi connectivity index (χ1) is 13.3. The van der Waals surface area contributed by atoms with E-state index >= 15 is 0 Å². The van der Waals surface area contributed by atoms with Crippen molar-refractivity contribution in [3.63, 3.8) is 0 Å². The summed E-state index contributed by atoms with van der Waals surface area (Å²) in [6.07, 6.45) is 8.17. The van der Waals surface area contributed by atoms with E-state index in [1.807, 2.05) is 6.92 Å². The lowest BCUT2D eigenvalue weighted by atomic mass is 9.50. The van der Waals surface area contributed by atoms with Crippen LogP contribution in [0, 0.1) is 40.9 Å². The van der Waals surface area contributed by atoms with E-state index in [2.05, 4.69) is 20.8 Å². The van der Waals surface area contributed by atoms with E-state index in [0.29, 0.717) is 35.5 Å². The van der Waals surface area contributed by atoms with Crippen molar-refractivity contribution in [1.82, 2.24) is 0 Å². The summed E-state index contributed by atoms with van der Waals surface area (Å²) in [7, 11) is 0. The highest BCUT2D eigenvalue weighted by Crippen LogP contribution is 2.64. The van der Waals surface area contributed by atoms with E-state index in [4.69, 9.17) is 9.47 Å². The maximum Gasteiger partial charge on any atom is 0.168 e. The average Bonchev–Trinajstić information content (AvgIpc) is 3.21. The van der Waals surface area contributed by atoms with Gasteiger partial charge in [0.15, 0.2) is 5.79 Å². The summed E-state index contributed by atoms with van der Waals surface area (Å²) < 4.78 is 12.2. The monoisotopic (exact) mass is 394 g/mol. The molecular weight excluding hydrogens is 352 g/mol. The second-order valence-electron chi connectivity index (χ2n) is 10.8. The topological polar surface area (TPSA) is 58.9 Å². The highest BCUT2D eigenvalue weighted by Gasteiger charge is 2.60. The van der Waals surface area contributed by atoms with Gasteiger partial charge in [0, 0.05) is 12.8 Å². The Bertz CT molecular complexity index is 543. The number of ether oxygens (including phenoxy) is 2. The van der Waals surface area contributed by atoms with Gasteiger partial charge in [-0.15, -0.1) is 0 Å².